The Balaban J connectivity index is 1.68. The van der Waals surface area contributed by atoms with Gasteiger partial charge in [0.1, 0.15) is 16.8 Å². The van der Waals surface area contributed by atoms with Gasteiger partial charge in [-0.25, -0.2) is 9.79 Å². The van der Waals surface area contributed by atoms with Gasteiger partial charge in [0.25, 0.3) is 0 Å². The summed E-state index contributed by atoms with van der Waals surface area (Å²) in [5, 5.41) is 33.4. The van der Waals surface area contributed by atoms with Crippen LogP contribution in [0.2, 0.25) is 0 Å². The van der Waals surface area contributed by atoms with Crippen LogP contribution in [0.4, 0.5) is 0 Å². The normalized spacial score (nSPS) is 29.4. The number of carboxylic acid groups (broad SMARTS) is 1. The fourth-order valence-corrected chi connectivity index (χ4v) is 7.44. The molecule has 3 aliphatic heterocycles. The second-order valence-electron chi connectivity index (χ2n) is 11.9. The average molecular weight is 634 g/mol. The van der Waals surface area contributed by atoms with Crippen molar-refractivity contribution in [2.45, 2.75) is 76.4 Å². The quantitative estimate of drug-likeness (QED) is 0.248. The monoisotopic (exact) mass is 633 g/mol. The van der Waals surface area contributed by atoms with Crippen molar-refractivity contribution in [3.63, 3.8) is 0 Å². The van der Waals surface area contributed by atoms with E-state index in [2.05, 4.69) is 17.2 Å². The molecule has 1 saturated heterocycles. The fraction of sp³-hybridized carbons (Fsp3) is 0.645. The first kappa shape index (κ1) is 33.2. The van der Waals surface area contributed by atoms with Gasteiger partial charge < -0.3 is 30.3 Å². The molecule has 1 aromatic rings. The number of thiocarbonyl (C=S) groups is 1. The topological polar surface area (TPSA) is 149 Å². The van der Waals surface area contributed by atoms with Crippen LogP contribution in [0.5, 0.6) is 5.75 Å². The van der Waals surface area contributed by atoms with Crippen molar-refractivity contribution >= 4 is 52.7 Å². The zero-order valence-electron chi connectivity index (χ0n) is 24.8. The van der Waals surface area contributed by atoms with Gasteiger partial charge in [0, 0.05) is 12.5 Å². The summed E-state index contributed by atoms with van der Waals surface area (Å²) in [5.74, 6) is -2.05. The zero-order chi connectivity index (χ0) is 31.1. The van der Waals surface area contributed by atoms with Crippen molar-refractivity contribution in [2.24, 2.45) is 28.7 Å². The molecular formula is C31H43N3O7S2. The van der Waals surface area contributed by atoms with E-state index in [4.69, 9.17) is 17.0 Å². The number of thioether (sulfide) groups is 1. The Hall–Kier alpha value is -2.70. The number of aliphatic hydroxyl groups excluding tert-OH is 1. The second kappa shape index (κ2) is 15.3. The van der Waals surface area contributed by atoms with Gasteiger partial charge in [0.2, 0.25) is 17.8 Å². The first-order valence-corrected chi connectivity index (χ1v) is 17.0. The number of benzene rings is 1. The number of carboxylic acids is 1. The maximum atomic E-state index is 14.2. The summed E-state index contributed by atoms with van der Waals surface area (Å²) in [7, 11) is 0. The first-order chi connectivity index (χ1) is 20.6. The average Bonchev–Trinajstić information content (AvgIpc) is 3.62. The molecule has 0 spiro atoms. The first-order valence-electron chi connectivity index (χ1n) is 15.1. The van der Waals surface area contributed by atoms with Gasteiger partial charge in [-0.2, -0.15) is 11.8 Å². The van der Waals surface area contributed by atoms with Gasteiger partial charge in [0.15, 0.2) is 0 Å². The summed E-state index contributed by atoms with van der Waals surface area (Å²) < 4.78 is 5.61. The highest BCUT2D eigenvalue weighted by molar-refractivity contribution is 7.98. The molecule has 0 saturated carbocycles. The molecule has 3 aliphatic rings. The summed E-state index contributed by atoms with van der Waals surface area (Å²) >= 11 is 7.16. The summed E-state index contributed by atoms with van der Waals surface area (Å²) in [5.41, 5.74) is 0.943. The van der Waals surface area contributed by atoms with Gasteiger partial charge >= 0.3 is 11.9 Å². The standard InChI is InChI=1S/C31H43N3O7S2/c1-18-6-3-4-7-21(22(30(38)39)13-15-43-2)24(17-35)32-28(42)26-31(40)41-27(33-26)25-8-5-14-34(25)29(37)23(18)16-19-9-11-20(36)12-10-19/h9-12,18,21-26,35-36H,3-8,13-17H2,1-2H3,(H,32,42)(H,38,39)/t18-,21-,22?,23+,24-,25?,26?/m0/s1. The number of rotatable bonds is 8. The van der Waals surface area contributed by atoms with E-state index in [-0.39, 0.29) is 41.0 Å². The van der Waals surface area contributed by atoms with Crippen LogP contribution in [-0.4, -0.2) is 92.2 Å². The minimum atomic E-state index is -1.12. The van der Waals surface area contributed by atoms with E-state index in [1.165, 1.54) is 0 Å². The number of ether oxygens (including phenoxy) is 1. The van der Waals surface area contributed by atoms with E-state index < -0.39 is 41.9 Å². The maximum absolute atomic E-state index is 14.2. The predicted octanol–water partition coefficient (Wildman–Crippen LogP) is 3.42. The molecule has 0 radical (unpaired) electrons. The third-order valence-corrected chi connectivity index (χ3v) is 10.1. The molecule has 1 aromatic carbocycles. The van der Waals surface area contributed by atoms with Gasteiger partial charge in [-0.1, -0.05) is 44.1 Å². The highest BCUT2D eigenvalue weighted by Crippen LogP contribution is 2.33. The van der Waals surface area contributed by atoms with Crippen LogP contribution >= 0.6 is 24.0 Å². The molecular weight excluding hydrogens is 590 g/mol. The Labute approximate surface area is 262 Å². The minimum Gasteiger partial charge on any atom is -0.508 e. The number of nitrogens with zero attached hydrogens (tertiary/aromatic N) is 2. The van der Waals surface area contributed by atoms with E-state index >= 15 is 0 Å². The molecule has 3 unspecified atom stereocenters. The van der Waals surface area contributed by atoms with E-state index in [9.17, 15) is 29.7 Å². The third-order valence-electron chi connectivity index (χ3n) is 9.11. The maximum Gasteiger partial charge on any atom is 0.344 e. The van der Waals surface area contributed by atoms with Crippen molar-refractivity contribution in [1.29, 1.82) is 0 Å². The number of amides is 1. The molecule has 43 heavy (non-hydrogen) atoms. The second-order valence-corrected chi connectivity index (χ2v) is 13.3. The summed E-state index contributed by atoms with van der Waals surface area (Å²) in [6.45, 7) is 2.27. The van der Waals surface area contributed by atoms with Crippen LogP contribution in [0.25, 0.3) is 0 Å². The molecule has 1 fully saturated rings. The number of aliphatic imine (C=N–C) groups is 1. The minimum absolute atomic E-state index is 0.0145. The molecule has 10 nitrogen and oxygen atoms in total. The number of hydrogen-bond acceptors (Lipinski definition) is 9. The van der Waals surface area contributed by atoms with Gasteiger partial charge in [-0.05, 0) is 80.1 Å². The lowest BCUT2D eigenvalue weighted by Crippen LogP contribution is -2.50. The number of carbonyl (C=O) groups excluding carboxylic acids is 2. The number of fused-ring (bicyclic) bond motifs is 3. The molecule has 1 amide bonds. The van der Waals surface area contributed by atoms with Crippen LogP contribution in [-0.2, 0) is 25.5 Å². The number of phenolic OH excluding ortho intramolecular Hbond substituents is 1. The lowest BCUT2D eigenvalue weighted by atomic mass is 9.79. The SMILES string of the molecule is CSCCC(C(=O)O)[C@@H]1CCCC[C@H](C)[C@@H](Cc2ccc(O)cc2)C(=O)N2CCCC2C2=NC(C(=O)O2)C(=S)N[C@H]1CO. The lowest BCUT2D eigenvalue weighted by Gasteiger charge is -2.33. The predicted molar refractivity (Wildman–Crippen MR) is 169 cm³/mol. The Morgan fingerprint density at radius 2 is 1.91 bits per heavy atom. The van der Waals surface area contributed by atoms with Gasteiger partial charge in [-0.15, -0.1) is 0 Å². The van der Waals surface area contributed by atoms with Crippen LogP contribution in [0, 0.1) is 23.7 Å². The largest absolute Gasteiger partial charge is 0.508 e. The molecule has 4 N–H and O–H groups in total. The Morgan fingerprint density at radius 3 is 2.58 bits per heavy atom. The van der Waals surface area contributed by atoms with E-state index in [0.717, 1.165) is 24.8 Å². The fourth-order valence-electron chi connectivity index (χ4n) is 6.65. The number of hydrogen-bond donors (Lipinski definition) is 4. The molecule has 3 heterocycles. The van der Waals surface area contributed by atoms with Gasteiger partial charge in [0.05, 0.1) is 18.6 Å². The van der Waals surface area contributed by atoms with Crippen molar-refractivity contribution in [2.75, 3.05) is 25.2 Å². The number of esters is 1. The van der Waals surface area contributed by atoms with E-state index in [1.54, 1.807) is 28.8 Å². The van der Waals surface area contributed by atoms with Crippen LogP contribution < -0.4 is 5.32 Å². The molecule has 236 valence electrons. The van der Waals surface area contributed by atoms with E-state index in [0.29, 0.717) is 44.4 Å². The van der Waals surface area contributed by atoms with Crippen LogP contribution in [0.1, 0.15) is 57.4 Å². The number of phenols is 1. The number of aliphatic carboxylic acids is 1. The summed E-state index contributed by atoms with van der Waals surface area (Å²) in [6, 6.07) is 4.64. The highest BCUT2D eigenvalue weighted by Gasteiger charge is 2.44. The van der Waals surface area contributed by atoms with Crippen molar-refractivity contribution in [3.8, 4) is 5.75 Å². The van der Waals surface area contributed by atoms with Crippen LogP contribution in [0.15, 0.2) is 29.3 Å². The van der Waals surface area contributed by atoms with Crippen molar-refractivity contribution in [3.05, 3.63) is 29.8 Å². The van der Waals surface area contributed by atoms with Crippen molar-refractivity contribution in [1.82, 2.24) is 10.2 Å². The molecule has 0 aliphatic carbocycles. The lowest BCUT2D eigenvalue weighted by molar-refractivity contribution is -0.144. The highest BCUT2D eigenvalue weighted by atomic mass is 32.2. The third kappa shape index (κ3) is 8.07. The molecule has 0 aromatic heterocycles. The van der Waals surface area contributed by atoms with Gasteiger partial charge in [-0.3, -0.25) is 9.59 Å². The summed E-state index contributed by atoms with van der Waals surface area (Å²) in [6.07, 6.45) is 7.03. The van der Waals surface area contributed by atoms with E-state index in [1.807, 2.05) is 18.4 Å². The smallest absolute Gasteiger partial charge is 0.344 e. The number of carbonyl (C=O) groups is 3. The Bertz CT molecular complexity index is 1190. The zero-order valence-corrected chi connectivity index (χ0v) is 26.4. The molecule has 4 rings (SSSR count). The van der Waals surface area contributed by atoms with Crippen LogP contribution in [0.3, 0.4) is 0 Å². The Morgan fingerprint density at radius 1 is 1.19 bits per heavy atom. The number of nitrogens with one attached hydrogen (secondary N) is 1. The number of aromatic hydroxyl groups is 1. The van der Waals surface area contributed by atoms with Crippen molar-refractivity contribution < 1.29 is 34.4 Å². The molecule has 12 heteroatoms. The Kier molecular flexibility index (Phi) is 11.8. The molecule has 2 bridgehead atoms. The number of aliphatic hydroxyl groups is 1. The summed E-state index contributed by atoms with van der Waals surface area (Å²) in [4.78, 5) is 46.0. The molecule has 7 atom stereocenters.